The van der Waals surface area contributed by atoms with E-state index in [0.717, 1.165) is 0 Å². The van der Waals surface area contributed by atoms with E-state index in [2.05, 4.69) is 42.9 Å². The summed E-state index contributed by atoms with van der Waals surface area (Å²) < 4.78 is 4.75. The van der Waals surface area contributed by atoms with E-state index in [0.29, 0.717) is 16.8 Å². The zero-order valence-electron chi connectivity index (χ0n) is 7.88. The molecule has 1 aliphatic rings. The minimum absolute atomic E-state index is 0.284. The lowest BCUT2D eigenvalue weighted by atomic mass is 10.1. The van der Waals surface area contributed by atoms with Crippen LogP contribution >= 0.6 is 0 Å². The van der Waals surface area contributed by atoms with Crippen LogP contribution in [0.2, 0.25) is 0 Å². The molecule has 1 aromatic rings. The van der Waals surface area contributed by atoms with Gasteiger partial charge in [-0.25, -0.2) is 15.2 Å². The van der Waals surface area contributed by atoms with Gasteiger partial charge >= 0.3 is 5.97 Å². The summed E-state index contributed by atoms with van der Waals surface area (Å²) in [6.07, 6.45) is 6.76. The second-order valence-electron chi connectivity index (χ2n) is 2.71. The maximum atomic E-state index is 10.2. The van der Waals surface area contributed by atoms with Crippen molar-refractivity contribution in [3.05, 3.63) is 49.2 Å². The number of nitrogens with zero attached hydrogens (tertiary/aromatic N) is 1. The Hall–Kier alpha value is -2.23. The summed E-state index contributed by atoms with van der Waals surface area (Å²) in [5, 5.41) is 14.1. The fraction of sp³-hybridized carbons (Fsp3) is 0. The lowest BCUT2D eigenvalue weighted by Crippen LogP contribution is -1.89. The van der Waals surface area contributed by atoms with Gasteiger partial charge < -0.3 is 4.74 Å². The topological polar surface area (TPSA) is 60.3 Å². The number of ether oxygens (including phenoxy) is 1. The average molecular weight is 208 g/mol. The van der Waals surface area contributed by atoms with Gasteiger partial charge in [-0.1, -0.05) is 0 Å². The highest BCUT2D eigenvalue weighted by molar-refractivity contribution is 5.86. The molecule has 4 heteroatoms. The summed E-state index contributed by atoms with van der Waals surface area (Å²) in [7, 11) is 3.23. The minimum Gasteiger partial charge on any atom is -0.487 e. The summed E-state index contributed by atoms with van der Waals surface area (Å²) in [5.41, 5.74) is 1.17. The molecule has 0 atom stereocenters. The van der Waals surface area contributed by atoms with E-state index in [1.54, 1.807) is 0 Å². The van der Waals surface area contributed by atoms with Crippen LogP contribution in [0.15, 0.2) is 0 Å². The number of carbonyl (C=O) groups is 1. The number of hydrogen-bond acceptors (Lipinski definition) is 2. The molecule has 0 bridgehead atoms. The molecule has 1 heterocycles. The molecule has 0 saturated heterocycles. The standard InChI is InChI=1S/C12H2NO3/c1-16-10-4-2-3-9-8(5-6-11(14)15)7-13-12(9)10/h1H2. The number of rotatable bonds is 3. The molecule has 0 spiro atoms. The fourth-order valence-electron chi connectivity index (χ4n) is 1.15. The molecule has 1 aliphatic heterocycles. The molecular weight excluding hydrogens is 206 g/mol. The molecular formula is C12H2NO3. The molecule has 0 fully saturated rings. The molecule has 1 aromatic carbocycles. The molecule has 2 rings (SSSR count). The van der Waals surface area contributed by atoms with E-state index < -0.39 is 5.97 Å². The zero-order chi connectivity index (χ0) is 11.5. The van der Waals surface area contributed by atoms with Gasteiger partial charge in [-0.15, -0.1) is 0 Å². The van der Waals surface area contributed by atoms with Crippen molar-refractivity contribution in [1.82, 2.24) is 5.32 Å². The summed E-state index contributed by atoms with van der Waals surface area (Å²) in [6, 6.07) is 7.88. The maximum Gasteiger partial charge on any atom is 0.387 e. The van der Waals surface area contributed by atoms with Crippen LogP contribution in [-0.2, 0) is 9.90 Å². The second-order valence-corrected chi connectivity index (χ2v) is 2.71. The minimum atomic E-state index is -1.47. The van der Waals surface area contributed by atoms with Gasteiger partial charge in [0.1, 0.15) is 12.8 Å². The Morgan fingerprint density at radius 1 is 1.44 bits per heavy atom. The highest BCUT2D eigenvalue weighted by atomic mass is 16.5. The van der Waals surface area contributed by atoms with Crippen molar-refractivity contribution < 1.29 is 14.6 Å². The van der Waals surface area contributed by atoms with Crippen molar-refractivity contribution in [3.63, 3.8) is 0 Å². The van der Waals surface area contributed by atoms with Gasteiger partial charge in [-0.05, 0) is 0 Å². The molecule has 16 heavy (non-hydrogen) atoms. The van der Waals surface area contributed by atoms with E-state index in [9.17, 15) is 9.90 Å². The Labute approximate surface area is 92.9 Å². The second kappa shape index (κ2) is 4.10. The largest absolute Gasteiger partial charge is 0.487 e. The lowest BCUT2D eigenvalue weighted by Gasteiger charge is -2.03. The van der Waals surface area contributed by atoms with E-state index in [1.807, 2.05) is 6.08 Å². The molecule has 4 nitrogen and oxygen atoms in total. The third-order valence-corrected chi connectivity index (χ3v) is 1.78. The maximum absolute atomic E-state index is 10.2. The summed E-state index contributed by atoms with van der Waals surface area (Å²) in [4.78, 5) is 10.2. The lowest BCUT2D eigenvalue weighted by molar-refractivity contribution is -0.138. The van der Waals surface area contributed by atoms with Gasteiger partial charge in [0.2, 0.25) is 0 Å². The summed E-state index contributed by atoms with van der Waals surface area (Å²) in [5.74, 6) is -1.19. The molecule has 0 N–H and O–H groups in total. The van der Waals surface area contributed by atoms with Crippen molar-refractivity contribution in [2.45, 2.75) is 0 Å². The first kappa shape index (κ1) is 10.3. The molecule has 73 valence electrons. The first-order valence-corrected chi connectivity index (χ1v) is 4.10. The third-order valence-electron chi connectivity index (χ3n) is 1.78. The van der Waals surface area contributed by atoms with Crippen molar-refractivity contribution in [1.29, 1.82) is 0 Å². The molecule has 0 amide bonds. The van der Waals surface area contributed by atoms with Crippen LogP contribution in [-0.4, -0.2) is 5.97 Å². The number of fused-ring (bicyclic) bond motifs is 1. The molecule has 9 radical (unpaired) electrons. The Bertz CT molecular complexity index is 489. The number of allylic oxidation sites excluding steroid dienone is 2. The zero-order valence-corrected chi connectivity index (χ0v) is 7.88. The highest BCUT2D eigenvalue weighted by Gasteiger charge is 2.19. The van der Waals surface area contributed by atoms with E-state index >= 15 is 0 Å². The van der Waals surface area contributed by atoms with Crippen LogP contribution < -0.4 is 10.1 Å². The van der Waals surface area contributed by atoms with Crippen molar-refractivity contribution in [2.75, 3.05) is 0 Å². The molecule has 0 aromatic heterocycles. The Balaban J connectivity index is 2.35. The molecule has 0 unspecified atom stereocenters. The summed E-state index contributed by atoms with van der Waals surface area (Å²) >= 11 is 0. The first-order valence-electron chi connectivity index (χ1n) is 4.10. The van der Waals surface area contributed by atoms with E-state index in [4.69, 9.17) is 4.74 Å². The first-order chi connectivity index (χ1) is 7.72. The Kier molecular flexibility index (Phi) is 2.64. The quantitative estimate of drug-likeness (QED) is 0.689. The van der Waals surface area contributed by atoms with Gasteiger partial charge in [-0.3, -0.25) is 0 Å². The predicted octanol–water partition coefficient (Wildman–Crippen LogP) is 0.771. The monoisotopic (exact) mass is 208 g/mol. The van der Waals surface area contributed by atoms with Crippen molar-refractivity contribution >= 4 is 17.2 Å². The molecule has 0 aliphatic carbocycles. The highest BCUT2D eigenvalue weighted by Crippen LogP contribution is 2.36. The van der Waals surface area contributed by atoms with Crippen LogP contribution in [0, 0.1) is 43.7 Å². The number of benzene rings is 1. The fourth-order valence-corrected chi connectivity index (χ4v) is 1.15. The number of carbonyl (C=O) groups excluding carboxylic acids is 1. The smallest absolute Gasteiger partial charge is 0.387 e. The van der Waals surface area contributed by atoms with Crippen LogP contribution in [0.3, 0.4) is 0 Å². The van der Waals surface area contributed by atoms with Gasteiger partial charge in [0.05, 0.1) is 12.3 Å². The summed E-state index contributed by atoms with van der Waals surface area (Å²) in [6.45, 7) is 0. The molecule has 0 saturated carbocycles. The van der Waals surface area contributed by atoms with Gasteiger partial charge in [0, 0.05) is 35.4 Å². The third kappa shape index (κ3) is 1.77. The predicted molar refractivity (Wildman–Crippen MR) is 49.6 cm³/mol. The normalized spacial score (nSPS) is 13.2. The van der Waals surface area contributed by atoms with Crippen LogP contribution in [0.25, 0.3) is 5.57 Å². The Morgan fingerprint density at radius 3 is 2.94 bits per heavy atom. The SMILES string of the molecule is [CH2]Oc1[c][c][c]c2c1[N][C]=C2[C]=[C]C([O])=O. The van der Waals surface area contributed by atoms with Crippen molar-refractivity contribution in [3.8, 4) is 5.75 Å². The van der Waals surface area contributed by atoms with Gasteiger partial charge in [0.15, 0.2) is 5.75 Å². The van der Waals surface area contributed by atoms with Gasteiger partial charge in [-0.2, -0.15) is 0 Å². The van der Waals surface area contributed by atoms with Crippen molar-refractivity contribution in [2.24, 2.45) is 0 Å². The van der Waals surface area contributed by atoms with Crippen LogP contribution in [0.1, 0.15) is 5.56 Å². The van der Waals surface area contributed by atoms with E-state index in [-0.39, 0.29) is 5.75 Å². The van der Waals surface area contributed by atoms with E-state index in [1.165, 1.54) is 0 Å². The van der Waals surface area contributed by atoms with Crippen LogP contribution in [0.5, 0.6) is 5.75 Å². The van der Waals surface area contributed by atoms with Gasteiger partial charge in [0.25, 0.3) is 0 Å². The number of hydrogen-bond donors (Lipinski definition) is 0. The van der Waals surface area contributed by atoms with Crippen LogP contribution in [0.4, 0.5) is 5.69 Å². The average Bonchev–Trinajstić information content (AvgIpc) is 2.69. The Morgan fingerprint density at radius 2 is 2.25 bits per heavy atom.